The Bertz CT molecular complexity index is 1980. The van der Waals surface area contributed by atoms with E-state index in [4.69, 9.17) is 28.4 Å². The molecule has 526 valence electrons. The highest BCUT2D eigenvalue weighted by molar-refractivity contribution is 5.76. The zero-order valence-electron chi connectivity index (χ0n) is 55.5. The minimum absolute atomic E-state index is 0.114. The summed E-state index contributed by atoms with van der Waals surface area (Å²) in [4.78, 5) is 13.4. The van der Waals surface area contributed by atoms with Crippen molar-refractivity contribution < 1.29 is 89.4 Å². The van der Waals surface area contributed by atoms with Crippen molar-refractivity contribution in [2.45, 2.75) is 336 Å². The van der Waals surface area contributed by atoms with E-state index in [0.717, 1.165) is 57.8 Å². The summed E-state index contributed by atoms with van der Waals surface area (Å²) in [6.45, 7) is 1.57. The summed E-state index contributed by atoms with van der Waals surface area (Å²) >= 11 is 0. The van der Waals surface area contributed by atoms with Gasteiger partial charge in [0.25, 0.3) is 0 Å². The average molecular weight is 1290 g/mol. The van der Waals surface area contributed by atoms with Gasteiger partial charge >= 0.3 is 0 Å². The molecule has 0 aromatic rings. The lowest BCUT2D eigenvalue weighted by atomic mass is 9.96. The normalized spacial score (nSPS) is 28.4. The number of carbonyl (C=O) groups excluding carboxylic acids is 1. The van der Waals surface area contributed by atoms with Gasteiger partial charge in [-0.25, -0.2) is 0 Å². The van der Waals surface area contributed by atoms with E-state index < -0.39 is 124 Å². The highest BCUT2D eigenvalue weighted by Crippen LogP contribution is 2.33. The largest absolute Gasteiger partial charge is 0.394 e. The maximum absolute atomic E-state index is 13.4. The number of unbranched alkanes of at least 4 members (excludes halogenated alkanes) is 25. The third kappa shape index (κ3) is 35.0. The maximum atomic E-state index is 13.4. The van der Waals surface area contributed by atoms with E-state index in [1.807, 2.05) is 18.2 Å². The van der Waals surface area contributed by atoms with Gasteiger partial charge in [-0.1, -0.05) is 253 Å². The van der Waals surface area contributed by atoms with Crippen LogP contribution in [0.5, 0.6) is 0 Å². The third-order valence-electron chi connectivity index (χ3n) is 17.2. The van der Waals surface area contributed by atoms with Crippen LogP contribution in [0.1, 0.15) is 232 Å². The van der Waals surface area contributed by atoms with E-state index in [-0.39, 0.29) is 18.9 Å². The van der Waals surface area contributed by atoms with Crippen LogP contribution in [-0.2, 0) is 33.2 Å². The lowest BCUT2D eigenvalue weighted by molar-refractivity contribution is -0.379. The van der Waals surface area contributed by atoms with Gasteiger partial charge in [0, 0.05) is 6.42 Å². The van der Waals surface area contributed by atoms with Gasteiger partial charge in [-0.05, 0) is 57.8 Å². The highest BCUT2D eigenvalue weighted by atomic mass is 16.8. The summed E-state index contributed by atoms with van der Waals surface area (Å²) in [5, 5.41) is 120. The van der Waals surface area contributed by atoms with Crippen molar-refractivity contribution in [3.05, 3.63) is 85.1 Å². The fourth-order valence-corrected chi connectivity index (χ4v) is 11.5. The Hall–Kier alpha value is -3.03. The molecule has 19 nitrogen and oxygen atoms in total. The first-order valence-electron chi connectivity index (χ1n) is 35.3. The van der Waals surface area contributed by atoms with Crippen molar-refractivity contribution in [2.75, 3.05) is 26.4 Å². The molecule has 3 rings (SSSR count). The van der Waals surface area contributed by atoms with Crippen molar-refractivity contribution in [2.24, 2.45) is 0 Å². The third-order valence-corrected chi connectivity index (χ3v) is 17.2. The predicted molar refractivity (Wildman–Crippen MR) is 355 cm³/mol. The number of allylic oxidation sites excluding steroid dienone is 13. The molecule has 17 unspecified atom stereocenters. The van der Waals surface area contributed by atoms with Gasteiger partial charge in [-0.3, -0.25) is 4.79 Å². The predicted octanol–water partition coefficient (Wildman–Crippen LogP) is 9.49. The van der Waals surface area contributed by atoms with Crippen LogP contribution in [0.4, 0.5) is 0 Å². The van der Waals surface area contributed by atoms with Crippen molar-refractivity contribution in [1.82, 2.24) is 5.32 Å². The minimum atomic E-state index is -1.99. The highest BCUT2D eigenvalue weighted by Gasteiger charge is 2.53. The van der Waals surface area contributed by atoms with E-state index in [1.165, 1.54) is 141 Å². The second-order valence-electron chi connectivity index (χ2n) is 25.0. The van der Waals surface area contributed by atoms with E-state index in [2.05, 4.69) is 79.9 Å². The first-order chi connectivity index (χ1) is 44.3. The topological polar surface area (TPSA) is 307 Å². The molecule has 0 radical (unpaired) electrons. The van der Waals surface area contributed by atoms with Crippen molar-refractivity contribution in [3.63, 3.8) is 0 Å². The molecule has 0 bridgehead atoms. The molecule has 19 heteroatoms. The standard InChI is InChI=1S/C72H125NO18/c1-3-5-7-9-11-13-15-17-19-21-23-24-25-26-27-28-29-30-32-33-35-37-39-41-43-45-47-49-56(77)55(73-60(78)50-48-46-44-42-40-38-36-34-31-22-20-18-16-14-12-10-8-6-4-2)54-86-70-66(84)63(81)68(58(52-75)88-70)91-72-67(85)64(82)69(59(53-76)89-72)90-71-65(83)62(80)61(79)57(51-74)87-71/h6,8,12,14,18,20,31,34,38,40,44,46-47,49,55-59,61-72,74-77,79-85H,3-5,7,9-11,13,15-17,19,21-30,32-33,35-37,39,41-43,45,48,50-54H2,1-2H3,(H,73,78)/b8-6-,14-12-,20-18-,34-31-,40-38-,46-44-,49-47+. The molecule has 3 heterocycles. The van der Waals surface area contributed by atoms with Crippen LogP contribution in [0.3, 0.4) is 0 Å². The molecule has 12 N–H and O–H groups in total. The Labute approximate surface area is 546 Å². The molecule has 0 aromatic carbocycles. The summed E-state index contributed by atoms with van der Waals surface area (Å²) in [5.41, 5.74) is 0. The van der Waals surface area contributed by atoms with Crippen LogP contribution in [-0.4, -0.2) is 193 Å². The molecule has 1 amide bonds. The molecule has 3 aliphatic heterocycles. The van der Waals surface area contributed by atoms with Crippen LogP contribution in [0.15, 0.2) is 85.1 Å². The Morgan fingerprint density at radius 2 is 0.758 bits per heavy atom. The molecule has 17 atom stereocenters. The van der Waals surface area contributed by atoms with E-state index >= 15 is 0 Å². The number of hydrogen-bond acceptors (Lipinski definition) is 18. The Kier molecular flexibility index (Phi) is 48.0. The summed E-state index contributed by atoms with van der Waals surface area (Å²) < 4.78 is 34.3. The molecule has 0 aliphatic carbocycles. The van der Waals surface area contributed by atoms with Crippen molar-refractivity contribution >= 4 is 5.91 Å². The molecule has 3 fully saturated rings. The summed E-state index contributed by atoms with van der Waals surface area (Å²) in [7, 11) is 0. The number of carbonyl (C=O) groups is 1. The smallest absolute Gasteiger partial charge is 0.220 e. The quantitative estimate of drug-likeness (QED) is 0.0199. The van der Waals surface area contributed by atoms with Gasteiger partial charge in [0.05, 0.1) is 38.6 Å². The first kappa shape index (κ1) is 82.2. The van der Waals surface area contributed by atoms with E-state index in [0.29, 0.717) is 12.8 Å². The van der Waals surface area contributed by atoms with Crippen LogP contribution >= 0.6 is 0 Å². The number of hydrogen-bond donors (Lipinski definition) is 12. The van der Waals surface area contributed by atoms with Crippen molar-refractivity contribution in [1.29, 1.82) is 0 Å². The van der Waals surface area contributed by atoms with Crippen molar-refractivity contribution in [3.8, 4) is 0 Å². The maximum Gasteiger partial charge on any atom is 0.220 e. The molecule has 91 heavy (non-hydrogen) atoms. The SMILES string of the molecule is CC/C=C\C/C=C\C/C=C\C/C=C\C/C=C\C/C=C\CCC(=O)NC(COC1OC(CO)C(OC2OC(CO)C(OC3OC(CO)C(O)C(O)C3O)C(O)C2O)C(O)C1O)C(O)/C=C/CCCCCCCCCCCCCCCCCCCCCCCCCCC. The lowest BCUT2D eigenvalue weighted by Gasteiger charge is -2.48. The van der Waals surface area contributed by atoms with Gasteiger partial charge in [-0.15, -0.1) is 0 Å². The zero-order valence-corrected chi connectivity index (χ0v) is 55.5. The second-order valence-corrected chi connectivity index (χ2v) is 25.0. The minimum Gasteiger partial charge on any atom is -0.394 e. The summed E-state index contributed by atoms with van der Waals surface area (Å²) in [6, 6.07) is -1.02. The van der Waals surface area contributed by atoms with Gasteiger partial charge in [0.1, 0.15) is 73.2 Å². The molecule has 3 aliphatic rings. The van der Waals surface area contributed by atoms with Crippen LogP contribution in [0, 0.1) is 0 Å². The zero-order chi connectivity index (χ0) is 66.1. The summed E-state index contributed by atoms with van der Waals surface area (Å²) in [5.74, 6) is -0.358. The number of aliphatic hydroxyl groups is 11. The molecule has 0 aromatic heterocycles. The fraction of sp³-hybridized carbons (Fsp3) is 0.792. The molecule has 0 spiro atoms. The lowest BCUT2D eigenvalue weighted by Crippen LogP contribution is -2.66. The summed E-state index contributed by atoms with van der Waals surface area (Å²) in [6.07, 6.45) is 41.5. The average Bonchev–Trinajstić information content (AvgIpc) is 0.886. The number of rotatable bonds is 53. The van der Waals surface area contributed by atoms with Gasteiger partial charge in [0.2, 0.25) is 5.91 Å². The fourth-order valence-electron chi connectivity index (χ4n) is 11.5. The first-order valence-corrected chi connectivity index (χ1v) is 35.3. The Morgan fingerprint density at radius 1 is 0.407 bits per heavy atom. The molecule has 0 saturated carbocycles. The monoisotopic (exact) mass is 1290 g/mol. The number of amides is 1. The number of aliphatic hydroxyl groups excluding tert-OH is 11. The Balaban J connectivity index is 1.45. The number of ether oxygens (including phenoxy) is 6. The van der Waals surface area contributed by atoms with E-state index in [1.54, 1.807) is 6.08 Å². The Morgan fingerprint density at radius 3 is 1.16 bits per heavy atom. The van der Waals surface area contributed by atoms with Crippen LogP contribution in [0.2, 0.25) is 0 Å². The van der Waals surface area contributed by atoms with Gasteiger partial charge in [0.15, 0.2) is 18.9 Å². The van der Waals surface area contributed by atoms with Crippen LogP contribution < -0.4 is 5.32 Å². The van der Waals surface area contributed by atoms with E-state index in [9.17, 15) is 61.0 Å². The molecule has 3 saturated heterocycles. The van der Waals surface area contributed by atoms with Gasteiger partial charge in [-0.2, -0.15) is 0 Å². The molecular weight excluding hydrogens is 1170 g/mol. The van der Waals surface area contributed by atoms with Gasteiger partial charge < -0.3 is 89.9 Å². The molecular formula is C72H125NO18. The van der Waals surface area contributed by atoms with Crippen LogP contribution in [0.25, 0.3) is 0 Å². The number of nitrogens with one attached hydrogen (secondary N) is 1. The second kappa shape index (κ2) is 53.2.